The molecule has 2 amide bonds. The van der Waals surface area contributed by atoms with Gasteiger partial charge in [0.15, 0.2) is 5.71 Å². The molecule has 0 bridgehead atoms. The van der Waals surface area contributed by atoms with E-state index in [9.17, 15) is 14.4 Å². The molecule has 8 heteroatoms. The number of aryl methyl sites for hydroxylation is 1. The molecule has 0 aromatic heterocycles. The van der Waals surface area contributed by atoms with Gasteiger partial charge in [-0.05, 0) is 49.7 Å². The summed E-state index contributed by atoms with van der Waals surface area (Å²) in [5, 5.41) is 5.84. The van der Waals surface area contributed by atoms with E-state index in [1.165, 1.54) is 5.01 Å². The van der Waals surface area contributed by atoms with Crippen LogP contribution < -0.4 is 9.91 Å². The fraction of sp³-hybridized carbons (Fsp3) is 0.238. The van der Waals surface area contributed by atoms with Gasteiger partial charge in [-0.3, -0.25) is 14.6 Å². The van der Waals surface area contributed by atoms with Crippen molar-refractivity contribution < 1.29 is 19.1 Å². The Balaban J connectivity index is 1.81. The van der Waals surface area contributed by atoms with Crippen LogP contribution in [0.1, 0.15) is 12.5 Å². The average molecular weight is 456 g/mol. The van der Waals surface area contributed by atoms with Crippen LogP contribution in [0.3, 0.4) is 0 Å². The summed E-state index contributed by atoms with van der Waals surface area (Å²) in [4.78, 5) is 40.2. The maximum absolute atomic E-state index is 13.3. The first-order valence-corrected chi connectivity index (χ1v) is 9.97. The van der Waals surface area contributed by atoms with Crippen molar-refractivity contribution in [2.24, 2.45) is 11.0 Å². The molecule has 2 atom stereocenters. The lowest BCUT2D eigenvalue weighted by Crippen LogP contribution is -2.39. The van der Waals surface area contributed by atoms with Crippen LogP contribution in [0.25, 0.3) is 0 Å². The number of anilines is 2. The van der Waals surface area contributed by atoms with Crippen molar-refractivity contribution in [3.05, 3.63) is 58.6 Å². The zero-order chi connectivity index (χ0) is 20.7. The second-order valence-electron chi connectivity index (χ2n) is 6.75. The lowest BCUT2D eigenvalue weighted by atomic mass is 9.97. The zero-order valence-electron chi connectivity index (χ0n) is 15.8. The SMILES string of the molecule is CCOC(=O)C1=NN(c2ccccc2C)[C@@H]2C(=O)N(c3ccc(Br)cc3)C(=O)[C@@H]12. The lowest BCUT2D eigenvalue weighted by molar-refractivity contribution is -0.136. The smallest absolute Gasteiger partial charge is 0.355 e. The Kier molecular flexibility index (Phi) is 4.96. The molecule has 2 heterocycles. The second kappa shape index (κ2) is 7.44. The highest BCUT2D eigenvalue weighted by molar-refractivity contribution is 9.10. The molecule has 1 saturated heterocycles. The molecule has 0 radical (unpaired) electrons. The maximum Gasteiger partial charge on any atom is 0.355 e. The number of esters is 1. The summed E-state index contributed by atoms with van der Waals surface area (Å²) < 4.78 is 5.93. The maximum atomic E-state index is 13.3. The van der Waals surface area contributed by atoms with Gasteiger partial charge in [0.2, 0.25) is 5.91 Å². The second-order valence-corrected chi connectivity index (χ2v) is 7.66. The number of hydrazone groups is 1. The largest absolute Gasteiger partial charge is 0.461 e. The molecule has 148 valence electrons. The molecule has 2 aromatic rings. The molecule has 4 rings (SSSR count). The van der Waals surface area contributed by atoms with E-state index in [0.717, 1.165) is 14.9 Å². The van der Waals surface area contributed by atoms with Gasteiger partial charge in [-0.1, -0.05) is 34.1 Å². The number of carbonyl (C=O) groups is 3. The molecule has 29 heavy (non-hydrogen) atoms. The van der Waals surface area contributed by atoms with Crippen molar-refractivity contribution >= 4 is 50.8 Å². The van der Waals surface area contributed by atoms with Gasteiger partial charge in [0.1, 0.15) is 12.0 Å². The Morgan fingerprint density at radius 3 is 2.45 bits per heavy atom. The summed E-state index contributed by atoms with van der Waals surface area (Å²) in [5.41, 5.74) is 1.95. The van der Waals surface area contributed by atoms with Crippen LogP contribution in [0.5, 0.6) is 0 Å². The number of halogens is 1. The molecule has 2 aliphatic heterocycles. The predicted octanol–water partition coefficient (Wildman–Crippen LogP) is 3.05. The van der Waals surface area contributed by atoms with Crippen molar-refractivity contribution in [1.82, 2.24) is 0 Å². The summed E-state index contributed by atoms with van der Waals surface area (Å²) in [6.07, 6.45) is 0. The van der Waals surface area contributed by atoms with Crippen LogP contribution in [0.4, 0.5) is 11.4 Å². The summed E-state index contributed by atoms with van der Waals surface area (Å²) in [5.74, 6) is -2.60. The van der Waals surface area contributed by atoms with E-state index >= 15 is 0 Å². The summed E-state index contributed by atoms with van der Waals surface area (Å²) in [6.45, 7) is 3.72. The van der Waals surface area contributed by atoms with E-state index < -0.39 is 29.7 Å². The summed E-state index contributed by atoms with van der Waals surface area (Å²) in [6, 6.07) is 13.3. The number of nitrogens with zero attached hydrogens (tertiary/aromatic N) is 3. The van der Waals surface area contributed by atoms with Crippen molar-refractivity contribution in [3.63, 3.8) is 0 Å². The molecular weight excluding hydrogens is 438 g/mol. The standard InChI is InChI=1S/C21H18BrN3O4/c1-3-29-21(28)17-16-18(25(23-17)15-7-5-4-6-12(15)2)20(27)24(19(16)26)14-10-8-13(22)9-11-14/h4-11,16,18H,3H2,1-2H3/t16-,18-/m0/s1. The van der Waals surface area contributed by atoms with Crippen LogP contribution in [0.2, 0.25) is 0 Å². The molecule has 2 aromatic carbocycles. The van der Waals surface area contributed by atoms with Crippen LogP contribution in [-0.2, 0) is 19.1 Å². The summed E-state index contributed by atoms with van der Waals surface area (Å²) >= 11 is 3.35. The fourth-order valence-electron chi connectivity index (χ4n) is 3.65. The van der Waals surface area contributed by atoms with E-state index in [2.05, 4.69) is 21.0 Å². The lowest BCUT2D eigenvalue weighted by Gasteiger charge is -2.23. The van der Waals surface area contributed by atoms with Gasteiger partial charge in [0.25, 0.3) is 5.91 Å². The Morgan fingerprint density at radius 1 is 1.10 bits per heavy atom. The van der Waals surface area contributed by atoms with Gasteiger partial charge >= 0.3 is 5.97 Å². The van der Waals surface area contributed by atoms with E-state index in [1.54, 1.807) is 31.2 Å². The molecule has 0 unspecified atom stereocenters. The van der Waals surface area contributed by atoms with Gasteiger partial charge in [-0.25, -0.2) is 9.69 Å². The highest BCUT2D eigenvalue weighted by Gasteiger charge is 2.59. The van der Waals surface area contributed by atoms with Gasteiger partial charge in [-0.15, -0.1) is 0 Å². The number of hydrogen-bond donors (Lipinski definition) is 0. The van der Waals surface area contributed by atoms with Gasteiger partial charge in [-0.2, -0.15) is 5.10 Å². The minimum atomic E-state index is -1.01. The third-order valence-electron chi connectivity index (χ3n) is 4.98. The molecule has 2 aliphatic rings. The van der Waals surface area contributed by atoms with E-state index in [-0.39, 0.29) is 12.3 Å². The normalized spacial score (nSPS) is 20.7. The number of carbonyl (C=O) groups excluding carboxylic acids is 3. The Labute approximate surface area is 176 Å². The molecule has 0 aliphatic carbocycles. The van der Waals surface area contributed by atoms with E-state index in [4.69, 9.17) is 4.74 Å². The van der Waals surface area contributed by atoms with E-state index in [0.29, 0.717) is 11.4 Å². The highest BCUT2D eigenvalue weighted by Crippen LogP contribution is 2.39. The molecule has 0 N–H and O–H groups in total. The summed E-state index contributed by atoms with van der Waals surface area (Å²) in [7, 11) is 0. The van der Waals surface area contributed by atoms with Crippen molar-refractivity contribution in [2.45, 2.75) is 19.9 Å². The van der Waals surface area contributed by atoms with Gasteiger partial charge in [0.05, 0.1) is 18.0 Å². The molecule has 0 saturated carbocycles. The van der Waals surface area contributed by atoms with Crippen LogP contribution in [-0.4, -0.2) is 36.1 Å². The van der Waals surface area contributed by atoms with Crippen molar-refractivity contribution in [3.8, 4) is 0 Å². The first kappa shape index (κ1) is 19.3. The highest BCUT2D eigenvalue weighted by atomic mass is 79.9. The number of fused-ring (bicyclic) bond motifs is 1. The first-order chi connectivity index (χ1) is 13.9. The molecule has 1 fully saturated rings. The van der Waals surface area contributed by atoms with Crippen molar-refractivity contribution in [2.75, 3.05) is 16.5 Å². The number of amides is 2. The molecule has 0 spiro atoms. The minimum Gasteiger partial charge on any atom is -0.461 e. The third-order valence-corrected chi connectivity index (χ3v) is 5.51. The number of para-hydroxylation sites is 1. The number of hydrogen-bond acceptors (Lipinski definition) is 6. The zero-order valence-corrected chi connectivity index (χ0v) is 17.4. The predicted molar refractivity (Wildman–Crippen MR) is 112 cm³/mol. The Hall–Kier alpha value is -3.00. The average Bonchev–Trinajstić information content (AvgIpc) is 3.21. The van der Waals surface area contributed by atoms with Crippen molar-refractivity contribution in [1.29, 1.82) is 0 Å². The Bertz CT molecular complexity index is 1030. The topological polar surface area (TPSA) is 79.3 Å². The van der Waals surface area contributed by atoms with Gasteiger partial charge < -0.3 is 4.74 Å². The quantitative estimate of drug-likeness (QED) is 0.522. The van der Waals surface area contributed by atoms with Gasteiger partial charge in [0, 0.05) is 4.47 Å². The number of imide groups is 1. The number of rotatable bonds is 4. The third kappa shape index (κ3) is 3.13. The first-order valence-electron chi connectivity index (χ1n) is 9.18. The van der Waals surface area contributed by atoms with Crippen LogP contribution in [0.15, 0.2) is 58.1 Å². The van der Waals surface area contributed by atoms with Crippen LogP contribution in [0, 0.1) is 12.8 Å². The number of benzene rings is 2. The Morgan fingerprint density at radius 2 is 1.79 bits per heavy atom. The van der Waals surface area contributed by atoms with Crippen LogP contribution >= 0.6 is 15.9 Å². The fourth-order valence-corrected chi connectivity index (χ4v) is 3.92. The molecule has 7 nitrogen and oxygen atoms in total. The monoisotopic (exact) mass is 455 g/mol. The molecular formula is C21H18BrN3O4. The number of ether oxygens (including phenoxy) is 1. The van der Waals surface area contributed by atoms with E-state index in [1.807, 2.05) is 31.2 Å². The minimum absolute atomic E-state index is 0.0435.